The van der Waals surface area contributed by atoms with Gasteiger partial charge in [-0.3, -0.25) is 9.59 Å². The van der Waals surface area contributed by atoms with Crippen molar-refractivity contribution in [2.75, 3.05) is 29.9 Å². The van der Waals surface area contributed by atoms with Gasteiger partial charge in [0.25, 0.3) is 5.91 Å². The van der Waals surface area contributed by atoms with Gasteiger partial charge in [-0.15, -0.1) is 0 Å². The van der Waals surface area contributed by atoms with Gasteiger partial charge in [-0.1, -0.05) is 30.3 Å². The van der Waals surface area contributed by atoms with E-state index in [2.05, 4.69) is 27.7 Å². The van der Waals surface area contributed by atoms with Crippen molar-refractivity contribution in [3.63, 3.8) is 0 Å². The molecule has 0 atom stereocenters. The predicted octanol–water partition coefficient (Wildman–Crippen LogP) is 3.61. The molecule has 2 aromatic carbocycles. The highest BCUT2D eigenvalue weighted by molar-refractivity contribution is 6.02. The minimum Gasteiger partial charge on any atom is -0.371 e. The summed E-state index contributed by atoms with van der Waals surface area (Å²) < 4.78 is 0. The molecule has 0 unspecified atom stereocenters. The fraction of sp³-hybridized carbons (Fsp3) is 0.391. The highest BCUT2D eigenvalue weighted by Crippen LogP contribution is 2.32. The minimum atomic E-state index is -0.0830. The van der Waals surface area contributed by atoms with Crippen LogP contribution in [0.25, 0.3) is 0 Å². The van der Waals surface area contributed by atoms with E-state index in [-0.39, 0.29) is 17.7 Å². The van der Waals surface area contributed by atoms with E-state index in [4.69, 9.17) is 0 Å². The van der Waals surface area contributed by atoms with E-state index < -0.39 is 0 Å². The molecular formula is C23H27N3O2. The van der Waals surface area contributed by atoms with Crippen LogP contribution in [0.1, 0.15) is 41.6 Å². The molecule has 28 heavy (non-hydrogen) atoms. The van der Waals surface area contributed by atoms with Gasteiger partial charge in [0.1, 0.15) is 0 Å². The monoisotopic (exact) mass is 377 g/mol. The third kappa shape index (κ3) is 4.53. The lowest BCUT2D eigenvalue weighted by Gasteiger charge is -2.22. The Labute approximate surface area is 166 Å². The van der Waals surface area contributed by atoms with Crippen LogP contribution >= 0.6 is 0 Å². The molecule has 2 aliphatic rings. The van der Waals surface area contributed by atoms with Crippen LogP contribution in [0.2, 0.25) is 0 Å². The summed E-state index contributed by atoms with van der Waals surface area (Å²) in [5, 5.41) is 6.01. The lowest BCUT2D eigenvalue weighted by atomic mass is 10.1. The molecule has 146 valence electrons. The Morgan fingerprint density at radius 1 is 1.00 bits per heavy atom. The fourth-order valence-corrected chi connectivity index (χ4v) is 3.68. The van der Waals surface area contributed by atoms with Crippen LogP contribution in [0.3, 0.4) is 0 Å². The van der Waals surface area contributed by atoms with Gasteiger partial charge in [0.15, 0.2) is 0 Å². The van der Waals surface area contributed by atoms with E-state index >= 15 is 0 Å². The lowest BCUT2D eigenvalue weighted by molar-refractivity contribution is -0.117. The molecule has 0 spiro atoms. The zero-order valence-electron chi connectivity index (χ0n) is 16.1. The van der Waals surface area contributed by atoms with E-state index in [0.717, 1.165) is 50.9 Å². The molecule has 4 rings (SSSR count). The van der Waals surface area contributed by atoms with Crippen molar-refractivity contribution in [1.29, 1.82) is 0 Å². The second-order valence-electron chi connectivity index (χ2n) is 7.68. The van der Waals surface area contributed by atoms with Gasteiger partial charge in [0, 0.05) is 36.9 Å². The number of benzene rings is 2. The van der Waals surface area contributed by atoms with E-state index in [0.29, 0.717) is 17.8 Å². The third-order valence-electron chi connectivity index (χ3n) is 5.45. The van der Waals surface area contributed by atoms with E-state index in [1.807, 2.05) is 36.4 Å². The number of anilines is 2. The summed E-state index contributed by atoms with van der Waals surface area (Å²) >= 11 is 0. The Morgan fingerprint density at radius 3 is 2.46 bits per heavy atom. The number of nitrogens with zero attached hydrogens (tertiary/aromatic N) is 1. The van der Waals surface area contributed by atoms with Gasteiger partial charge < -0.3 is 15.5 Å². The van der Waals surface area contributed by atoms with E-state index in [9.17, 15) is 9.59 Å². The maximum atomic E-state index is 12.9. The lowest BCUT2D eigenvalue weighted by Crippen LogP contribution is -2.29. The summed E-state index contributed by atoms with van der Waals surface area (Å²) in [6.07, 6.45) is 5.02. The van der Waals surface area contributed by atoms with Crippen molar-refractivity contribution in [1.82, 2.24) is 5.32 Å². The minimum absolute atomic E-state index is 0.0596. The molecule has 2 aromatic rings. The topological polar surface area (TPSA) is 61.4 Å². The first kappa shape index (κ1) is 18.5. The van der Waals surface area contributed by atoms with E-state index in [1.54, 1.807) is 0 Å². The quantitative estimate of drug-likeness (QED) is 0.775. The van der Waals surface area contributed by atoms with Crippen LogP contribution in [0.15, 0.2) is 48.5 Å². The molecule has 0 radical (unpaired) electrons. The first-order valence-corrected chi connectivity index (χ1v) is 10.2. The van der Waals surface area contributed by atoms with Gasteiger partial charge in [0.05, 0.1) is 5.56 Å². The Kier molecular flexibility index (Phi) is 5.60. The highest BCUT2D eigenvalue weighted by Gasteiger charge is 2.30. The molecule has 2 fully saturated rings. The van der Waals surface area contributed by atoms with Gasteiger partial charge in [0.2, 0.25) is 5.91 Å². The number of carbonyl (C=O) groups is 2. The van der Waals surface area contributed by atoms with Crippen LogP contribution in [0, 0.1) is 5.92 Å². The average Bonchev–Trinajstić information content (AvgIpc) is 3.44. The number of carbonyl (C=O) groups excluding carboxylic acids is 2. The van der Waals surface area contributed by atoms with Crippen LogP contribution in [-0.4, -0.2) is 31.4 Å². The first-order chi connectivity index (χ1) is 13.7. The summed E-state index contributed by atoms with van der Waals surface area (Å²) in [6, 6.07) is 15.8. The van der Waals surface area contributed by atoms with Crippen LogP contribution in [-0.2, 0) is 11.2 Å². The zero-order valence-corrected chi connectivity index (χ0v) is 16.1. The molecule has 1 heterocycles. The van der Waals surface area contributed by atoms with Gasteiger partial charge >= 0.3 is 0 Å². The average molecular weight is 377 g/mol. The Balaban J connectivity index is 1.47. The maximum Gasteiger partial charge on any atom is 0.253 e. The van der Waals surface area contributed by atoms with Crippen molar-refractivity contribution in [3.05, 3.63) is 59.7 Å². The molecular weight excluding hydrogens is 350 g/mol. The Hall–Kier alpha value is -2.82. The maximum absolute atomic E-state index is 12.9. The summed E-state index contributed by atoms with van der Waals surface area (Å²) in [6.45, 7) is 2.52. The SMILES string of the molecule is O=C(NCCc1ccccc1)c1cc(NC(=O)C2CC2)ccc1N1CCCC1. The molecule has 1 aliphatic heterocycles. The van der Waals surface area contributed by atoms with Gasteiger partial charge in [-0.2, -0.15) is 0 Å². The van der Waals surface area contributed by atoms with E-state index in [1.165, 1.54) is 5.56 Å². The Bertz CT molecular complexity index is 840. The highest BCUT2D eigenvalue weighted by atomic mass is 16.2. The van der Waals surface area contributed by atoms with Gasteiger partial charge in [-0.25, -0.2) is 0 Å². The van der Waals surface area contributed by atoms with Crippen molar-refractivity contribution in [2.24, 2.45) is 5.92 Å². The predicted molar refractivity (Wildman–Crippen MR) is 112 cm³/mol. The zero-order chi connectivity index (χ0) is 19.3. The van der Waals surface area contributed by atoms with Crippen molar-refractivity contribution in [3.8, 4) is 0 Å². The van der Waals surface area contributed by atoms with Crippen molar-refractivity contribution >= 4 is 23.2 Å². The fourth-order valence-electron chi connectivity index (χ4n) is 3.68. The molecule has 5 nitrogen and oxygen atoms in total. The molecule has 1 aliphatic carbocycles. The van der Waals surface area contributed by atoms with Crippen LogP contribution in [0.5, 0.6) is 0 Å². The molecule has 5 heteroatoms. The number of hydrogen-bond acceptors (Lipinski definition) is 3. The number of amides is 2. The smallest absolute Gasteiger partial charge is 0.253 e. The number of nitrogens with one attached hydrogen (secondary N) is 2. The number of hydrogen-bond donors (Lipinski definition) is 2. The van der Waals surface area contributed by atoms with Crippen molar-refractivity contribution in [2.45, 2.75) is 32.1 Å². The van der Waals surface area contributed by atoms with Crippen LogP contribution in [0.4, 0.5) is 11.4 Å². The Morgan fingerprint density at radius 2 is 1.75 bits per heavy atom. The molecule has 1 saturated heterocycles. The first-order valence-electron chi connectivity index (χ1n) is 10.2. The molecule has 2 amide bonds. The summed E-state index contributed by atoms with van der Waals surface area (Å²) in [5.74, 6) is 0.117. The normalized spacial score (nSPS) is 16.1. The molecule has 1 saturated carbocycles. The summed E-state index contributed by atoms with van der Waals surface area (Å²) in [4.78, 5) is 27.3. The van der Waals surface area contributed by atoms with Crippen molar-refractivity contribution < 1.29 is 9.59 Å². The largest absolute Gasteiger partial charge is 0.371 e. The third-order valence-corrected chi connectivity index (χ3v) is 5.45. The standard InChI is InChI=1S/C23H27N3O2/c27-22(18-8-9-18)25-19-10-11-21(26-14-4-5-15-26)20(16-19)23(28)24-13-12-17-6-2-1-3-7-17/h1-3,6-7,10-11,16,18H,4-5,8-9,12-15H2,(H,24,28)(H,25,27). The molecule has 0 bridgehead atoms. The number of rotatable bonds is 7. The van der Waals surface area contributed by atoms with Gasteiger partial charge in [-0.05, 0) is 55.9 Å². The summed E-state index contributed by atoms with van der Waals surface area (Å²) in [7, 11) is 0. The second-order valence-corrected chi connectivity index (χ2v) is 7.68. The van der Waals surface area contributed by atoms with Crippen LogP contribution < -0.4 is 15.5 Å². The summed E-state index contributed by atoms with van der Waals surface area (Å²) in [5.41, 5.74) is 3.50. The second kappa shape index (κ2) is 8.46. The molecule has 2 N–H and O–H groups in total. The molecule has 0 aromatic heterocycles.